The first kappa shape index (κ1) is 19.6. The lowest BCUT2D eigenvalue weighted by Gasteiger charge is -2.18. The van der Waals surface area contributed by atoms with Crippen LogP contribution in [0.1, 0.15) is 27.9 Å². The number of benzene rings is 2. The molecule has 0 N–H and O–H groups in total. The second-order valence-corrected chi connectivity index (χ2v) is 6.94. The molecule has 0 atom stereocenters. The first-order valence-electron chi connectivity index (χ1n) is 9.52. The topological polar surface area (TPSA) is 42.4 Å². The van der Waals surface area contributed by atoms with E-state index in [0.29, 0.717) is 18.7 Å². The lowest BCUT2D eigenvalue weighted by Crippen LogP contribution is -2.28. The molecule has 4 nitrogen and oxygen atoms in total. The van der Waals surface area contributed by atoms with Gasteiger partial charge in [0.1, 0.15) is 5.75 Å². The summed E-state index contributed by atoms with van der Waals surface area (Å²) in [7, 11) is 1.83. The van der Waals surface area contributed by atoms with Crippen LogP contribution in [0.5, 0.6) is 5.75 Å². The first-order chi connectivity index (χ1) is 13.6. The molecule has 0 saturated heterocycles. The summed E-state index contributed by atoms with van der Waals surface area (Å²) in [5.41, 5.74) is 4.88. The molecular weight excluding hydrogens is 348 g/mol. The van der Waals surface area contributed by atoms with Gasteiger partial charge >= 0.3 is 0 Å². The largest absolute Gasteiger partial charge is 0.493 e. The Balaban J connectivity index is 1.53. The van der Waals surface area contributed by atoms with E-state index in [1.165, 1.54) is 0 Å². The number of hydrogen-bond acceptors (Lipinski definition) is 3. The van der Waals surface area contributed by atoms with E-state index >= 15 is 0 Å². The first-order valence-corrected chi connectivity index (χ1v) is 9.52. The van der Waals surface area contributed by atoms with E-state index in [1.807, 2.05) is 81.6 Å². The second kappa shape index (κ2) is 9.18. The van der Waals surface area contributed by atoms with Gasteiger partial charge in [0.15, 0.2) is 0 Å². The summed E-state index contributed by atoms with van der Waals surface area (Å²) in [4.78, 5) is 18.8. The highest BCUT2D eigenvalue weighted by atomic mass is 16.5. The molecule has 2 aromatic carbocycles. The summed E-state index contributed by atoms with van der Waals surface area (Å²) in [5.74, 6) is 0.914. The van der Waals surface area contributed by atoms with Gasteiger partial charge < -0.3 is 9.64 Å². The van der Waals surface area contributed by atoms with Crippen molar-refractivity contribution in [3.05, 3.63) is 83.6 Å². The van der Waals surface area contributed by atoms with Crippen LogP contribution in [-0.4, -0.2) is 36.0 Å². The van der Waals surface area contributed by atoms with E-state index in [0.717, 1.165) is 34.6 Å². The van der Waals surface area contributed by atoms with Gasteiger partial charge in [-0.05, 0) is 55.7 Å². The zero-order valence-corrected chi connectivity index (χ0v) is 16.7. The summed E-state index contributed by atoms with van der Waals surface area (Å²) in [6, 6.07) is 19.6. The molecular formula is C24H26N2O2. The van der Waals surface area contributed by atoms with Crippen LogP contribution in [0.4, 0.5) is 0 Å². The van der Waals surface area contributed by atoms with Gasteiger partial charge in [0.25, 0.3) is 5.91 Å². The van der Waals surface area contributed by atoms with Crippen LogP contribution in [0.2, 0.25) is 0 Å². The molecule has 0 spiro atoms. The standard InChI is InChI=1S/C24H26N2O2/c1-18-8-4-5-10-22(18)28-17-7-16-26(3)24(27)21-13-11-20(12-14-21)23-19(2)9-6-15-25-23/h4-6,8-15H,7,16-17H2,1-3H3. The molecule has 144 valence electrons. The molecule has 0 bridgehead atoms. The van der Waals surface area contributed by atoms with Gasteiger partial charge in [-0.1, -0.05) is 36.4 Å². The molecule has 28 heavy (non-hydrogen) atoms. The van der Waals surface area contributed by atoms with Crippen molar-refractivity contribution in [1.82, 2.24) is 9.88 Å². The number of pyridine rings is 1. The van der Waals surface area contributed by atoms with Gasteiger partial charge in [0, 0.05) is 30.9 Å². The van der Waals surface area contributed by atoms with Gasteiger partial charge in [-0.15, -0.1) is 0 Å². The zero-order valence-electron chi connectivity index (χ0n) is 16.7. The minimum Gasteiger partial charge on any atom is -0.493 e. The van der Waals surface area contributed by atoms with Crippen LogP contribution in [0.15, 0.2) is 66.9 Å². The van der Waals surface area contributed by atoms with Crippen molar-refractivity contribution in [1.29, 1.82) is 0 Å². The van der Waals surface area contributed by atoms with Crippen molar-refractivity contribution in [2.75, 3.05) is 20.2 Å². The molecule has 0 radical (unpaired) electrons. The number of aryl methyl sites for hydroxylation is 2. The lowest BCUT2D eigenvalue weighted by atomic mass is 10.0. The number of carbonyl (C=O) groups is 1. The van der Waals surface area contributed by atoms with Gasteiger partial charge in [-0.2, -0.15) is 0 Å². The van der Waals surface area contributed by atoms with Crippen molar-refractivity contribution < 1.29 is 9.53 Å². The highest BCUT2D eigenvalue weighted by Gasteiger charge is 2.12. The van der Waals surface area contributed by atoms with Crippen LogP contribution in [-0.2, 0) is 0 Å². The number of amides is 1. The van der Waals surface area contributed by atoms with E-state index in [9.17, 15) is 4.79 Å². The van der Waals surface area contributed by atoms with Crippen molar-refractivity contribution in [3.63, 3.8) is 0 Å². The maximum Gasteiger partial charge on any atom is 0.253 e. The van der Waals surface area contributed by atoms with Gasteiger partial charge in [0.2, 0.25) is 0 Å². The summed E-state index contributed by atoms with van der Waals surface area (Å²) < 4.78 is 5.80. The van der Waals surface area contributed by atoms with E-state index in [1.54, 1.807) is 11.1 Å². The monoisotopic (exact) mass is 374 g/mol. The molecule has 3 rings (SSSR count). The summed E-state index contributed by atoms with van der Waals surface area (Å²) in [6.45, 7) is 5.29. The van der Waals surface area contributed by atoms with Crippen molar-refractivity contribution in [2.45, 2.75) is 20.3 Å². The number of ether oxygens (including phenoxy) is 1. The third kappa shape index (κ3) is 4.77. The Bertz CT molecular complexity index is 935. The maximum absolute atomic E-state index is 12.6. The molecule has 3 aromatic rings. The van der Waals surface area contributed by atoms with Crippen molar-refractivity contribution in [3.8, 4) is 17.0 Å². The van der Waals surface area contributed by atoms with Crippen molar-refractivity contribution in [2.24, 2.45) is 0 Å². The Morgan fingerprint density at radius 3 is 2.39 bits per heavy atom. The van der Waals surface area contributed by atoms with Gasteiger partial charge in [0.05, 0.1) is 12.3 Å². The highest BCUT2D eigenvalue weighted by molar-refractivity contribution is 5.94. The lowest BCUT2D eigenvalue weighted by molar-refractivity contribution is 0.0788. The second-order valence-electron chi connectivity index (χ2n) is 6.94. The smallest absolute Gasteiger partial charge is 0.253 e. The predicted molar refractivity (Wildman–Crippen MR) is 113 cm³/mol. The molecule has 0 fully saturated rings. The molecule has 1 aromatic heterocycles. The van der Waals surface area contributed by atoms with Gasteiger partial charge in [-0.25, -0.2) is 0 Å². The molecule has 4 heteroatoms. The SMILES string of the molecule is Cc1ccccc1OCCCN(C)C(=O)c1ccc(-c2ncccc2C)cc1. The predicted octanol–water partition coefficient (Wildman–Crippen LogP) is 4.91. The van der Waals surface area contributed by atoms with Crippen LogP contribution < -0.4 is 4.74 Å². The minimum absolute atomic E-state index is 0.0141. The van der Waals surface area contributed by atoms with Crippen LogP contribution >= 0.6 is 0 Å². The number of rotatable bonds is 7. The normalized spacial score (nSPS) is 10.5. The van der Waals surface area contributed by atoms with Crippen LogP contribution in [0.25, 0.3) is 11.3 Å². The average Bonchev–Trinajstić information content (AvgIpc) is 2.72. The molecule has 0 saturated carbocycles. The number of para-hydroxylation sites is 1. The number of hydrogen-bond donors (Lipinski definition) is 0. The molecule has 0 aliphatic rings. The van der Waals surface area contributed by atoms with E-state index in [4.69, 9.17) is 4.74 Å². The maximum atomic E-state index is 12.6. The Labute approximate surface area is 166 Å². The van der Waals surface area contributed by atoms with Crippen LogP contribution in [0.3, 0.4) is 0 Å². The Morgan fingerprint density at radius 1 is 0.964 bits per heavy atom. The third-order valence-corrected chi connectivity index (χ3v) is 4.75. The Kier molecular flexibility index (Phi) is 6.43. The Morgan fingerprint density at radius 2 is 1.68 bits per heavy atom. The quantitative estimate of drug-likeness (QED) is 0.552. The van der Waals surface area contributed by atoms with Crippen LogP contribution in [0, 0.1) is 13.8 Å². The number of aromatic nitrogens is 1. The van der Waals surface area contributed by atoms with Crippen molar-refractivity contribution >= 4 is 5.91 Å². The zero-order chi connectivity index (χ0) is 19.9. The van der Waals surface area contributed by atoms with E-state index < -0.39 is 0 Å². The third-order valence-electron chi connectivity index (χ3n) is 4.75. The molecule has 0 aliphatic carbocycles. The average molecular weight is 374 g/mol. The summed E-state index contributed by atoms with van der Waals surface area (Å²) >= 11 is 0. The van der Waals surface area contributed by atoms with E-state index in [2.05, 4.69) is 4.98 Å². The fourth-order valence-corrected chi connectivity index (χ4v) is 3.08. The van der Waals surface area contributed by atoms with E-state index in [-0.39, 0.29) is 5.91 Å². The highest BCUT2D eigenvalue weighted by Crippen LogP contribution is 2.21. The molecule has 0 aliphatic heterocycles. The summed E-state index contributed by atoms with van der Waals surface area (Å²) in [6.07, 6.45) is 2.57. The fraction of sp³-hybridized carbons (Fsp3) is 0.250. The summed E-state index contributed by atoms with van der Waals surface area (Å²) in [5, 5.41) is 0. The molecule has 1 amide bonds. The Hall–Kier alpha value is -3.14. The molecule has 1 heterocycles. The number of carbonyl (C=O) groups excluding carboxylic acids is 1. The minimum atomic E-state index is 0.0141. The molecule has 0 unspecified atom stereocenters. The van der Waals surface area contributed by atoms with Gasteiger partial charge in [-0.3, -0.25) is 9.78 Å². The number of nitrogens with zero attached hydrogens (tertiary/aromatic N) is 2. The fourth-order valence-electron chi connectivity index (χ4n) is 3.08.